The molecule has 3 aliphatic heterocycles. The summed E-state index contributed by atoms with van der Waals surface area (Å²) in [7, 11) is 0. The minimum absolute atomic E-state index is 0.0293. The fourth-order valence-electron chi connectivity index (χ4n) is 5.34. The summed E-state index contributed by atoms with van der Waals surface area (Å²) >= 11 is 1.48. The number of thiophene rings is 1. The smallest absolute Gasteiger partial charge is 0.263 e. The number of carbonyl (C=O) groups excluding carboxylic acids is 2. The highest BCUT2D eigenvalue weighted by atomic mass is 32.1. The second kappa shape index (κ2) is 9.10. The molecule has 1 atom stereocenters. The van der Waals surface area contributed by atoms with Crippen molar-refractivity contribution in [2.75, 3.05) is 26.2 Å². The molecule has 0 aromatic carbocycles. The van der Waals surface area contributed by atoms with Crippen molar-refractivity contribution in [2.45, 2.75) is 63.8 Å². The van der Waals surface area contributed by atoms with Gasteiger partial charge in [-0.05, 0) is 50.0 Å². The maximum Gasteiger partial charge on any atom is 0.263 e. The predicted octanol–water partition coefficient (Wildman–Crippen LogP) is 3.32. The first kappa shape index (κ1) is 20.7. The van der Waals surface area contributed by atoms with Crippen molar-refractivity contribution >= 4 is 23.2 Å². The van der Waals surface area contributed by atoms with Crippen LogP contribution in [0.3, 0.4) is 0 Å². The van der Waals surface area contributed by atoms with Crippen molar-refractivity contribution in [3.8, 4) is 0 Å². The summed E-state index contributed by atoms with van der Waals surface area (Å²) in [6.45, 7) is 3.94. The summed E-state index contributed by atoms with van der Waals surface area (Å²) < 4.78 is 2.33. The van der Waals surface area contributed by atoms with E-state index in [2.05, 4.69) is 19.7 Å². The van der Waals surface area contributed by atoms with Gasteiger partial charge in [0, 0.05) is 51.0 Å². The average molecular weight is 442 g/mol. The Labute approximate surface area is 187 Å². The minimum Gasteiger partial charge on any atom is -0.342 e. The van der Waals surface area contributed by atoms with Gasteiger partial charge in [0.25, 0.3) is 5.91 Å². The molecular formula is C23H31N5O2S. The lowest BCUT2D eigenvalue weighted by molar-refractivity contribution is -0.138. The van der Waals surface area contributed by atoms with E-state index in [-0.39, 0.29) is 23.7 Å². The fourth-order valence-corrected chi connectivity index (χ4v) is 6.03. The Morgan fingerprint density at radius 1 is 0.935 bits per heavy atom. The molecule has 2 aromatic heterocycles. The zero-order chi connectivity index (χ0) is 21.2. The van der Waals surface area contributed by atoms with Gasteiger partial charge in [-0.15, -0.1) is 21.5 Å². The van der Waals surface area contributed by atoms with Crippen molar-refractivity contribution in [2.24, 2.45) is 5.92 Å². The molecule has 0 radical (unpaired) electrons. The largest absolute Gasteiger partial charge is 0.342 e. The summed E-state index contributed by atoms with van der Waals surface area (Å²) in [4.78, 5) is 30.6. The third-order valence-electron chi connectivity index (χ3n) is 7.10. The fraction of sp³-hybridized carbons (Fsp3) is 0.652. The number of fused-ring (bicyclic) bond motifs is 1. The number of hydrogen-bond acceptors (Lipinski definition) is 5. The number of carbonyl (C=O) groups is 2. The number of piperidine rings is 2. The molecule has 3 aliphatic rings. The highest BCUT2D eigenvalue weighted by molar-refractivity contribution is 7.12. The van der Waals surface area contributed by atoms with Crippen molar-refractivity contribution in [1.82, 2.24) is 24.6 Å². The van der Waals surface area contributed by atoms with Crippen LogP contribution in [-0.2, 0) is 17.8 Å². The Hall–Kier alpha value is -2.22. The topological polar surface area (TPSA) is 71.3 Å². The lowest BCUT2D eigenvalue weighted by Gasteiger charge is -2.37. The Morgan fingerprint density at radius 3 is 2.61 bits per heavy atom. The van der Waals surface area contributed by atoms with Gasteiger partial charge in [-0.2, -0.15) is 0 Å². The van der Waals surface area contributed by atoms with Crippen LogP contribution in [0.5, 0.6) is 0 Å². The van der Waals surface area contributed by atoms with Gasteiger partial charge in [-0.1, -0.05) is 12.5 Å². The lowest BCUT2D eigenvalue weighted by atomic mass is 9.91. The van der Waals surface area contributed by atoms with Crippen LogP contribution in [0.4, 0.5) is 0 Å². The van der Waals surface area contributed by atoms with Gasteiger partial charge in [0.15, 0.2) is 0 Å². The molecule has 2 saturated heterocycles. The molecule has 2 fully saturated rings. The molecule has 0 bridgehead atoms. The van der Waals surface area contributed by atoms with Crippen LogP contribution in [0, 0.1) is 5.92 Å². The lowest BCUT2D eigenvalue weighted by Crippen LogP contribution is -2.47. The number of aromatic nitrogens is 3. The molecule has 2 amide bonds. The maximum atomic E-state index is 13.3. The van der Waals surface area contributed by atoms with Crippen LogP contribution in [-0.4, -0.2) is 62.6 Å². The van der Waals surface area contributed by atoms with Gasteiger partial charge in [-0.25, -0.2) is 0 Å². The third kappa shape index (κ3) is 4.27. The zero-order valence-electron chi connectivity index (χ0n) is 18.0. The van der Waals surface area contributed by atoms with Crippen LogP contribution in [0.15, 0.2) is 17.5 Å². The summed E-state index contributed by atoms with van der Waals surface area (Å²) in [6, 6.07) is 3.79. The summed E-state index contributed by atoms with van der Waals surface area (Å²) in [5.74, 6) is 2.90. The minimum atomic E-state index is 0.0293. The molecule has 31 heavy (non-hydrogen) atoms. The quantitative estimate of drug-likeness (QED) is 0.733. The van der Waals surface area contributed by atoms with Gasteiger partial charge < -0.3 is 14.4 Å². The van der Waals surface area contributed by atoms with E-state index < -0.39 is 0 Å². The number of nitrogens with zero attached hydrogens (tertiary/aromatic N) is 5. The monoisotopic (exact) mass is 441 g/mol. The third-order valence-corrected chi connectivity index (χ3v) is 7.96. The first-order chi connectivity index (χ1) is 15.2. The van der Waals surface area contributed by atoms with Gasteiger partial charge in [0.05, 0.1) is 4.88 Å². The molecule has 2 aromatic rings. The Balaban J connectivity index is 1.20. The number of hydrogen-bond donors (Lipinski definition) is 0. The predicted molar refractivity (Wildman–Crippen MR) is 119 cm³/mol. The van der Waals surface area contributed by atoms with Crippen LogP contribution in [0.2, 0.25) is 0 Å². The maximum absolute atomic E-state index is 13.3. The highest BCUT2D eigenvalue weighted by Gasteiger charge is 2.34. The molecular weight excluding hydrogens is 410 g/mol. The van der Waals surface area contributed by atoms with E-state index in [9.17, 15) is 9.59 Å². The van der Waals surface area contributed by atoms with Crippen LogP contribution in [0.1, 0.15) is 72.2 Å². The van der Waals surface area contributed by atoms with E-state index in [4.69, 9.17) is 0 Å². The van der Waals surface area contributed by atoms with E-state index in [0.717, 1.165) is 68.3 Å². The molecule has 8 heteroatoms. The standard InChI is InChI=1S/C23H31N5O2S/c29-22(17-9-13-26(14-10-17)23(30)19-7-5-15-31-19)27-11-4-6-18(16-27)21-25-24-20-8-2-1-3-12-28(20)21/h5,7,15,17-18H,1-4,6,8-14,16H2/t18-/m1/s1. The number of likely N-dealkylation sites (tertiary alicyclic amines) is 2. The zero-order valence-corrected chi connectivity index (χ0v) is 18.9. The second-order valence-corrected chi connectivity index (χ2v) is 10.1. The average Bonchev–Trinajstić information content (AvgIpc) is 3.44. The first-order valence-electron chi connectivity index (χ1n) is 11.7. The SMILES string of the molecule is O=C(c1cccs1)N1CCC(C(=O)N2CCC[C@@H](c3nnc4n3CCCCC4)C2)CC1. The molecule has 0 spiro atoms. The molecule has 0 unspecified atom stereocenters. The molecule has 5 heterocycles. The van der Waals surface area contributed by atoms with Gasteiger partial charge in [0.2, 0.25) is 5.91 Å². The molecule has 0 N–H and O–H groups in total. The molecule has 7 nitrogen and oxygen atoms in total. The normalized spacial score (nSPS) is 22.8. The summed E-state index contributed by atoms with van der Waals surface area (Å²) in [5, 5.41) is 11.0. The highest BCUT2D eigenvalue weighted by Crippen LogP contribution is 2.30. The van der Waals surface area contributed by atoms with Gasteiger partial charge >= 0.3 is 0 Å². The van der Waals surface area contributed by atoms with Crippen LogP contribution < -0.4 is 0 Å². The van der Waals surface area contributed by atoms with Crippen molar-refractivity contribution in [3.05, 3.63) is 34.0 Å². The van der Waals surface area contributed by atoms with E-state index in [1.165, 1.54) is 30.6 Å². The van der Waals surface area contributed by atoms with E-state index >= 15 is 0 Å². The molecule has 166 valence electrons. The number of aryl methyl sites for hydroxylation is 1. The van der Waals surface area contributed by atoms with Gasteiger partial charge in [-0.3, -0.25) is 9.59 Å². The van der Waals surface area contributed by atoms with Crippen LogP contribution >= 0.6 is 11.3 Å². The molecule has 5 rings (SSSR count). The van der Waals surface area contributed by atoms with Crippen LogP contribution in [0.25, 0.3) is 0 Å². The van der Waals surface area contributed by atoms with Crippen molar-refractivity contribution in [3.63, 3.8) is 0 Å². The first-order valence-corrected chi connectivity index (χ1v) is 12.6. The Morgan fingerprint density at radius 2 is 1.81 bits per heavy atom. The second-order valence-electron chi connectivity index (χ2n) is 9.10. The van der Waals surface area contributed by atoms with E-state index in [1.807, 2.05) is 22.4 Å². The number of rotatable bonds is 3. The van der Waals surface area contributed by atoms with Gasteiger partial charge in [0.1, 0.15) is 11.6 Å². The van der Waals surface area contributed by atoms with Crippen molar-refractivity contribution < 1.29 is 9.59 Å². The molecule has 0 aliphatic carbocycles. The van der Waals surface area contributed by atoms with Crippen molar-refractivity contribution in [1.29, 1.82) is 0 Å². The summed E-state index contributed by atoms with van der Waals surface area (Å²) in [5.41, 5.74) is 0. The van der Waals surface area contributed by atoms with E-state index in [1.54, 1.807) is 0 Å². The van der Waals surface area contributed by atoms with E-state index in [0.29, 0.717) is 13.1 Å². The number of amides is 2. The molecule has 0 saturated carbocycles. The summed E-state index contributed by atoms with van der Waals surface area (Å²) in [6.07, 6.45) is 8.28. The Kier molecular flexibility index (Phi) is 6.07. The Bertz CT molecular complexity index is 917.